The molecule has 0 spiro atoms. The van der Waals surface area contributed by atoms with Crippen molar-refractivity contribution in [3.8, 4) is 0 Å². The summed E-state index contributed by atoms with van der Waals surface area (Å²) in [5.41, 5.74) is 2.70. The standard InChI is InChI=1S/C21H22N3O3/c25-23-19-9-5-4-8-18(19)21(24(26)27)14-20(23)17-10-12-22(13-11-17)15-16-6-2-1-3-7-16/h1-9,17,21,23H,10-13,15H2. The van der Waals surface area contributed by atoms with E-state index in [2.05, 4.69) is 23.1 Å². The van der Waals surface area contributed by atoms with Crippen molar-refractivity contribution in [3.63, 3.8) is 0 Å². The molecular formula is C21H22N3O3. The summed E-state index contributed by atoms with van der Waals surface area (Å²) in [6, 6.07) is 16.1. The van der Waals surface area contributed by atoms with Crippen molar-refractivity contribution in [3.05, 3.63) is 92.8 Å². The Labute approximate surface area is 158 Å². The van der Waals surface area contributed by atoms with Crippen LogP contribution >= 0.6 is 0 Å². The van der Waals surface area contributed by atoms with E-state index in [-0.39, 0.29) is 15.9 Å². The van der Waals surface area contributed by atoms with E-state index in [0.717, 1.165) is 32.5 Å². The molecule has 1 fully saturated rings. The van der Waals surface area contributed by atoms with Crippen LogP contribution in [0.3, 0.4) is 0 Å². The Kier molecular flexibility index (Phi) is 5.03. The number of likely N-dealkylation sites (tertiary alicyclic amines) is 1. The van der Waals surface area contributed by atoms with Crippen molar-refractivity contribution in [1.29, 1.82) is 0 Å². The van der Waals surface area contributed by atoms with Gasteiger partial charge in [-0.15, -0.1) is 0 Å². The molecule has 2 unspecified atom stereocenters. The van der Waals surface area contributed by atoms with E-state index in [1.165, 1.54) is 5.56 Å². The molecule has 4 rings (SSSR count). The number of hydrogen-bond donors (Lipinski definition) is 1. The molecule has 27 heavy (non-hydrogen) atoms. The monoisotopic (exact) mass is 364 g/mol. The van der Waals surface area contributed by atoms with Gasteiger partial charge in [-0.3, -0.25) is 15.0 Å². The van der Waals surface area contributed by atoms with Gasteiger partial charge in [0.2, 0.25) is 0 Å². The molecule has 139 valence electrons. The molecule has 2 aliphatic heterocycles. The normalized spacial score (nSPS) is 23.5. The molecule has 2 aromatic carbocycles. The number of rotatable bonds is 4. The molecule has 2 aliphatic rings. The summed E-state index contributed by atoms with van der Waals surface area (Å²) in [5, 5.41) is 24.3. The van der Waals surface area contributed by atoms with E-state index in [1.54, 1.807) is 24.3 Å². The molecule has 0 aliphatic carbocycles. The highest BCUT2D eigenvalue weighted by molar-refractivity contribution is 5.45. The van der Waals surface area contributed by atoms with Gasteiger partial charge in [-0.25, -0.2) is 0 Å². The lowest BCUT2D eigenvalue weighted by Gasteiger charge is -2.37. The molecular weight excluding hydrogens is 342 g/mol. The van der Waals surface area contributed by atoms with Crippen molar-refractivity contribution in [2.75, 3.05) is 13.1 Å². The number of hydroxylamine groups is 1. The quantitative estimate of drug-likeness (QED) is 0.514. The van der Waals surface area contributed by atoms with E-state index in [0.29, 0.717) is 16.9 Å². The van der Waals surface area contributed by atoms with Crippen LogP contribution in [0.15, 0.2) is 60.3 Å². The van der Waals surface area contributed by atoms with Gasteiger partial charge in [0.1, 0.15) is 17.5 Å². The van der Waals surface area contributed by atoms with Gasteiger partial charge in [-0.2, -0.15) is 0 Å². The largest absolute Gasteiger partial charge is 0.624 e. The summed E-state index contributed by atoms with van der Waals surface area (Å²) >= 11 is 0. The number of nitrogens with one attached hydrogen (secondary N) is 1. The Hall–Kier alpha value is -2.54. The maximum absolute atomic E-state index is 12.9. The third-order valence-electron chi connectivity index (χ3n) is 5.49. The summed E-state index contributed by atoms with van der Waals surface area (Å²) < 4.78 is 0. The molecule has 6 nitrogen and oxygen atoms in total. The lowest BCUT2D eigenvalue weighted by Crippen LogP contribution is -3.01. The van der Waals surface area contributed by atoms with Crippen molar-refractivity contribution in [2.45, 2.75) is 25.4 Å². The fourth-order valence-corrected chi connectivity index (χ4v) is 4.07. The number of quaternary nitrogens is 1. The highest BCUT2D eigenvalue weighted by Crippen LogP contribution is 2.32. The van der Waals surface area contributed by atoms with Gasteiger partial charge in [0.25, 0.3) is 6.04 Å². The van der Waals surface area contributed by atoms with Gasteiger partial charge in [0.15, 0.2) is 0 Å². The minimum Gasteiger partial charge on any atom is -0.624 e. The summed E-state index contributed by atoms with van der Waals surface area (Å²) in [6.07, 6.45) is 4.60. The minimum absolute atomic E-state index is 0.0420. The fourth-order valence-electron chi connectivity index (χ4n) is 4.07. The zero-order valence-corrected chi connectivity index (χ0v) is 15.0. The summed E-state index contributed by atoms with van der Waals surface area (Å²) in [7, 11) is 0. The molecule has 1 radical (unpaired) electrons. The Morgan fingerprint density at radius 1 is 1.07 bits per heavy atom. The maximum Gasteiger partial charge on any atom is 0.275 e. The highest BCUT2D eigenvalue weighted by Gasteiger charge is 2.38. The molecule has 2 atom stereocenters. The van der Waals surface area contributed by atoms with Crippen molar-refractivity contribution in [2.24, 2.45) is 5.92 Å². The van der Waals surface area contributed by atoms with E-state index in [9.17, 15) is 15.3 Å². The number of para-hydroxylation sites is 1. The van der Waals surface area contributed by atoms with Gasteiger partial charge in [0.05, 0.1) is 5.56 Å². The van der Waals surface area contributed by atoms with Crippen molar-refractivity contribution < 1.29 is 9.99 Å². The van der Waals surface area contributed by atoms with Crippen LogP contribution in [-0.2, 0) is 6.54 Å². The zero-order valence-electron chi connectivity index (χ0n) is 15.0. The molecule has 0 bridgehead atoms. The number of allylic oxidation sites excluding steroid dienone is 1. The molecule has 1 saturated heterocycles. The van der Waals surface area contributed by atoms with Gasteiger partial charge < -0.3 is 10.3 Å². The van der Waals surface area contributed by atoms with Crippen molar-refractivity contribution in [1.82, 2.24) is 4.90 Å². The highest BCUT2D eigenvalue weighted by atomic mass is 16.6. The Morgan fingerprint density at radius 3 is 2.44 bits per heavy atom. The van der Waals surface area contributed by atoms with E-state index in [4.69, 9.17) is 0 Å². The van der Waals surface area contributed by atoms with Crippen LogP contribution < -0.4 is 5.06 Å². The molecule has 0 amide bonds. The van der Waals surface area contributed by atoms with Crippen LogP contribution in [0.1, 0.15) is 30.0 Å². The average molecular weight is 364 g/mol. The number of benzene rings is 2. The topological polar surface area (TPSA) is 73.9 Å². The summed E-state index contributed by atoms with van der Waals surface area (Å²) in [6.45, 7) is 2.65. The second-order valence-electron chi connectivity index (χ2n) is 7.20. The van der Waals surface area contributed by atoms with Gasteiger partial charge in [-0.05, 0) is 37.6 Å². The predicted molar refractivity (Wildman–Crippen MR) is 101 cm³/mol. The van der Waals surface area contributed by atoms with Crippen LogP contribution in [-0.4, -0.2) is 22.9 Å². The first-order valence-electron chi connectivity index (χ1n) is 9.30. The molecule has 1 N–H and O–H groups in total. The number of fused-ring (bicyclic) bond motifs is 1. The Morgan fingerprint density at radius 2 is 1.74 bits per heavy atom. The minimum atomic E-state index is -1.05. The number of piperidine rings is 1. The van der Waals surface area contributed by atoms with Gasteiger partial charge in [-0.1, -0.05) is 42.5 Å². The Balaban J connectivity index is 1.48. The second kappa shape index (κ2) is 7.60. The van der Waals surface area contributed by atoms with Gasteiger partial charge >= 0.3 is 0 Å². The second-order valence-corrected chi connectivity index (χ2v) is 7.20. The first-order valence-corrected chi connectivity index (χ1v) is 9.30. The average Bonchev–Trinajstić information content (AvgIpc) is 2.70. The van der Waals surface area contributed by atoms with Crippen LogP contribution in [0, 0.1) is 27.3 Å². The van der Waals surface area contributed by atoms with E-state index >= 15 is 0 Å². The third kappa shape index (κ3) is 3.64. The number of nitrogens with zero attached hydrogens (tertiary/aromatic N) is 2. The van der Waals surface area contributed by atoms with Gasteiger partial charge in [0, 0.05) is 23.5 Å². The number of nitro groups is 1. The molecule has 6 heteroatoms. The van der Waals surface area contributed by atoms with Crippen LogP contribution in [0.25, 0.3) is 0 Å². The molecule has 2 aromatic rings. The van der Waals surface area contributed by atoms with Crippen LogP contribution in [0.2, 0.25) is 0 Å². The number of hydrogen-bond acceptors (Lipinski definition) is 4. The predicted octanol–water partition coefficient (Wildman–Crippen LogP) is 2.63. The van der Waals surface area contributed by atoms with E-state index < -0.39 is 6.04 Å². The SMILES string of the molecule is O=[N+]([O-])C1[C]=C(C2CCN(Cc3ccccc3)CC2)[NH+]([O-])c2ccccc21. The first kappa shape index (κ1) is 17.9. The molecule has 2 heterocycles. The van der Waals surface area contributed by atoms with Crippen LogP contribution in [0.5, 0.6) is 0 Å². The Bertz CT molecular complexity index is 845. The first-order chi connectivity index (χ1) is 13.1. The maximum atomic E-state index is 12.9. The van der Waals surface area contributed by atoms with Crippen molar-refractivity contribution >= 4 is 5.69 Å². The lowest BCUT2D eigenvalue weighted by atomic mass is 9.88. The van der Waals surface area contributed by atoms with E-state index in [1.807, 2.05) is 18.2 Å². The summed E-state index contributed by atoms with van der Waals surface area (Å²) in [4.78, 5) is 13.5. The lowest BCUT2D eigenvalue weighted by molar-refractivity contribution is -0.742. The summed E-state index contributed by atoms with van der Waals surface area (Å²) in [5.74, 6) is 0.0420. The third-order valence-corrected chi connectivity index (χ3v) is 5.49. The fraction of sp³-hybridized carbons (Fsp3) is 0.333. The zero-order chi connectivity index (χ0) is 18.8. The smallest absolute Gasteiger partial charge is 0.275 e. The molecule has 0 aromatic heterocycles. The van der Waals surface area contributed by atoms with Crippen LogP contribution in [0.4, 0.5) is 5.69 Å². The molecule has 0 saturated carbocycles.